The molecule has 0 aromatic carbocycles. The summed E-state index contributed by atoms with van der Waals surface area (Å²) in [5.74, 6) is -1.51. The number of pyridine rings is 2. The van der Waals surface area contributed by atoms with Gasteiger partial charge in [0.1, 0.15) is 11.6 Å². The van der Waals surface area contributed by atoms with E-state index in [4.69, 9.17) is 22.1 Å². The fraction of sp³-hybridized carbons (Fsp3) is 0.400. The molecule has 0 atom stereocenters. The molecule has 34 heavy (non-hydrogen) atoms. The first-order chi connectivity index (χ1) is 15.7. The van der Waals surface area contributed by atoms with Crippen LogP contribution >= 0.6 is 12.2 Å². The maximum absolute atomic E-state index is 12.6. The van der Waals surface area contributed by atoms with Crippen LogP contribution < -0.4 is 10.2 Å². The number of piperazine rings is 1. The Morgan fingerprint density at radius 1 is 1.06 bits per heavy atom. The first-order valence-electron chi connectivity index (χ1n) is 9.76. The van der Waals surface area contributed by atoms with Crippen molar-refractivity contribution in [2.75, 3.05) is 36.4 Å². The van der Waals surface area contributed by atoms with Gasteiger partial charge in [-0.05, 0) is 55.9 Å². The van der Waals surface area contributed by atoms with Gasteiger partial charge in [0, 0.05) is 38.1 Å². The molecule has 1 aliphatic rings. The second-order valence-corrected chi connectivity index (χ2v) is 7.67. The van der Waals surface area contributed by atoms with Crippen molar-refractivity contribution in [3.8, 4) is 0 Å². The minimum Gasteiger partial charge on any atom is -0.475 e. The SMILES string of the molecule is Cc1cc(C)nc(NC(=S)N2CCN(c3ccc(C(F)(F)F)cn3)CC2)c1.O=C(O)C(F)(F)F. The van der Waals surface area contributed by atoms with Gasteiger partial charge in [-0.25, -0.2) is 14.8 Å². The molecule has 0 aliphatic carbocycles. The second-order valence-electron chi connectivity index (χ2n) is 7.28. The summed E-state index contributed by atoms with van der Waals surface area (Å²) in [4.78, 5) is 21.2. The number of hydrogen-bond donors (Lipinski definition) is 2. The molecule has 1 saturated heterocycles. The van der Waals surface area contributed by atoms with E-state index in [1.54, 1.807) is 0 Å². The lowest BCUT2D eigenvalue weighted by Gasteiger charge is -2.36. The predicted molar refractivity (Wildman–Crippen MR) is 117 cm³/mol. The molecule has 186 valence electrons. The molecule has 7 nitrogen and oxygen atoms in total. The fourth-order valence-electron chi connectivity index (χ4n) is 2.97. The number of aromatic nitrogens is 2. The van der Waals surface area contributed by atoms with E-state index in [1.165, 1.54) is 6.07 Å². The summed E-state index contributed by atoms with van der Waals surface area (Å²) in [5, 5.41) is 10.9. The molecule has 14 heteroatoms. The average molecular weight is 509 g/mol. The quantitative estimate of drug-likeness (QED) is 0.459. The monoisotopic (exact) mass is 509 g/mol. The molecule has 1 fully saturated rings. The van der Waals surface area contributed by atoms with E-state index in [-0.39, 0.29) is 0 Å². The van der Waals surface area contributed by atoms with Crippen molar-refractivity contribution >= 4 is 34.9 Å². The van der Waals surface area contributed by atoms with Crippen LogP contribution in [0, 0.1) is 13.8 Å². The minimum atomic E-state index is -5.08. The largest absolute Gasteiger partial charge is 0.490 e. The fourth-order valence-corrected chi connectivity index (χ4v) is 3.26. The maximum atomic E-state index is 12.6. The number of aliphatic carboxylic acids is 1. The van der Waals surface area contributed by atoms with E-state index in [0.29, 0.717) is 42.9 Å². The topological polar surface area (TPSA) is 81.6 Å². The smallest absolute Gasteiger partial charge is 0.475 e. The Balaban J connectivity index is 0.000000509. The first-order valence-corrected chi connectivity index (χ1v) is 10.2. The number of rotatable bonds is 2. The Kier molecular flexibility index (Phi) is 8.64. The Hall–Kier alpha value is -3.16. The lowest BCUT2D eigenvalue weighted by Crippen LogP contribution is -2.50. The molecule has 0 radical (unpaired) electrons. The lowest BCUT2D eigenvalue weighted by molar-refractivity contribution is -0.192. The van der Waals surface area contributed by atoms with Crippen molar-refractivity contribution < 1.29 is 36.2 Å². The first kappa shape index (κ1) is 27.1. The van der Waals surface area contributed by atoms with Crippen molar-refractivity contribution in [3.63, 3.8) is 0 Å². The molecule has 3 heterocycles. The number of carboxylic acid groups (broad SMARTS) is 1. The van der Waals surface area contributed by atoms with Gasteiger partial charge < -0.3 is 20.2 Å². The van der Waals surface area contributed by atoms with Crippen LogP contribution in [-0.4, -0.2) is 63.4 Å². The van der Waals surface area contributed by atoms with Crippen LogP contribution in [0.5, 0.6) is 0 Å². The van der Waals surface area contributed by atoms with Crippen molar-refractivity contribution in [3.05, 3.63) is 47.3 Å². The summed E-state index contributed by atoms with van der Waals surface area (Å²) in [5.41, 5.74) is 1.28. The highest BCUT2D eigenvalue weighted by Crippen LogP contribution is 2.29. The molecule has 0 unspecified atom stereocenters. The molecule has 1 aliphatic heterocycles. The molecule has 0 saturated carbocycles. The normalized spacial score (nSPS) is 14.2. The molecule has 2 aromatic heterocycles. The zero-order valence-corrected chi connectivity index (χ0v) is 18.9. The summed E-state index contributed by atoms with van der Waals surface area (Å²) in [7, 11) is 0. The Morgan fingerprint density at radius 2 is 1.65 bits per heavy atom. The zero-order valence-electron chi connectivity index (χ0n) is 18.0. The molecule has 0 bridgehead atoms. The van der Waals surface area contributed by atoms with Crippen LogP contribution in [0.15, 0.2) is 30.5 Å². The number of carboxylic acids is 1. The van der Waals surface area contributed by atoms with E-state index in [2.05, 4.69) is 15.3 Å². The number of nitrogens with one attached hydrogen (secondary N) is 1. The molecule has 2 N–H and O–H groups in total. The van der Waals surface area contributed by atoms with Crippen LogP contribution in [0.3, 0.4) is 0 Å². The minimum absolute atomic E-state index is 0.539. The molecule has 3 rings (SSSR count). The van der Waals surface area contributed by atoms with Gasteiger partial charge in [-0.1, -0.05) is 0 Å². The summed E-state index contributed by atoms with van der Waals surface area (Å²) in [6.45, 7) is 6.48. The van der Waals surface area contributed by atoms with Gasteiger partial charge in [-0.2, -0.15) is 26.3 Å². The number of hydrogen-bond acceptors (Lipinski definition) is 5. The van der Waals surface area contributed by atoms with Crippen LogP contribution in [0.2, 0.25) is 0 Å². The number of aryl methyl sites for hydroxylation is 2. The molecule has 2 aromatic rings. The highest BCUT2D eigenvalue weighted by atomic mass is 32.1. The van der Waals surface area contributed by atoms with Gasteiger partial charge in [0.25, 0.3) is 0 Å². The number of carbonyl (C=O) groups is 1. The average Bonchev–Trinajstić information content (AvgIpc) is 2.72. The number of nitrogens with zero attached hydrogens (tertiary/aromatic N) is 4. The summed E-state index contributed by atoms with van der Waals surface area (Å²) >= 11 is 5.47. The molecular formula is C20H21F6N5O2S. The van der Waals surface area contributed by atoms with E-state index >= 15 is 0 Å². The van der Waals surface area contributed by atoms with Gasteiger partial charge in [-0.15, -0.1) is 0 Å². The number of alkyl halides is 6. The van der Waals surface area contributed by atoms with Gasteiger partial charge in [0.05, 0.1) is 5.56 Å². The Labute approximate surface area is 196 Å². The van der Waals surface area contributed by atoms with Crippen molar-refractivity contribution in [2.24, 2.45) is 0 Å². The van der Waals surface area contributed by atoms with E-state index in [9.17, 15) is 26.3 Å². The van der Waals surface area contributed by atoms with Crippen LogP contribution in [0.25, 0.3) is 0 Å². The van der Waals surface area contributed by atoms with Crippen LogP contribution in [0.1, 0.15) is 16.8 Å². The Bertz CT molecular complexity index is 986. The van der Waals surface area contributed by atoms with Crippen LogP contribution in [0.4, 0.5) is 38.0 Å². The Morgan fingerprint density at radius 3 is 2.09 bits per heavy atom. The molecular weight excluding hydrogens is 488 g/mol. The summed E-state index contributed by atoms with van der Waals surface area (Å²) in [6.07, 6.45) is -8.58. The van der Waals surface area contributed by atoms with Gasteiger partial charge >= 0.3 is 18.3 Å². The highest BCUT2D eigenvalue weighted by molar-refractivity contribution is 7.80. The van der Waals surface area contributed by atoms with Gasteiger partial charge in [0.15, 0.2) is 5.11 Å². The third kappa shape index (κ3) is 8.01. The van der Waals surface area contributed by atoms with Crippen molar-refractivity contribution in [2.45, 2.75) is 26.2 Å². The summed E-state index contributed by atoms with van der Waals surface area (Å²) < 4.78 is 69.7. The standard InChI is InChI=1S/C18H20F3N5S.C2HF3O2/c1-12-9-13(2)23-15(10-12)24-17(27)26-7-5-25(6-8-26)16-4-3-14(11-22-16)18(19,20)21;3-2(4,5)1(6)7/h3-4,9-11H,5-8H2,1-2H3,(H,23,24,27);(H,6,7). The molecule has 0 spiro atoms. The lowest BCUT2D eigenvalue weighted by atomic mass is 10.2. The summed E-state index contributed by atoms with van der Waals surface area (Å²) in [6, 6.07) is 6.40. The second kappa shape index (κ2) is 10.8. The highest BCUT2D eigenvalue weighted by Gasteiger charge is 2.38. The number of anilines is 2. The third-order valence-electron chi connectivity index (χ3n) is 4.54. The third-order valence-corrected chi connectivity index (χ3v) is 4.90. The van der Waals surface area contributed by atoms with Crippen molar-refractivity contribution in [1.82, 2.24) is 14.9 Å². The predicted octanol–water partition coefficient (Wildman–Crippen LogP) is 4.26. The zero-order chi connectivity index (χ0) is 25.7. The van der Waals surface area contributed by atoms with E-state index in [0.717, 1.165) is 23.5 Å². The van der Waals surface area contributed by atoms with Crippen molar-refractivity contribution in [1.29, 1.82) is 0 Å². The van der Waals surface area contributed by atoms with E-state index in [1.807, 2.05) is 35.8 Å². The number of thiocarbonyl (C=S) groups is 1. The van der Waals surface area contributed by atoms with E-state index < -0.39 is 23.9 Å². The van der Waals surface area contributed by atoms with Crippen LogP contribution in [-0.2, 0) is 11.0 Å². The number of halogens is 6. The van der Waals surface area contributed by atoms with Gasteiger partial charge in [0.2, 0.25) is 0 Å². The maximum Gasteiger partial charge on any atom is 0.490 e. The van der Waals surface area contributed by atoms with Gasteiger partial charge in [-0.3, -0.25) is 0 Å². The molecule has 0 amide bonds.